The minimum absolute atomic E-state index is 0.230. The highest BCUT2D eigenvalue weighted by Crippen LogP contribution is 2.37. The predicted octanol–water partition coefficient (Wildman–Crippen LogP) is 2.88. The van der Waals surface area contributed by atoms with Gasteiger partial charge in [0, 0.05) is 24.6 Å². The maximum absolute atomic E-state index is 9.64. The van der Waals surface area contributed by atoms with E-state index in [4.69, 9.17) is 10.7 Å². The highest BCUT2D eigenvalue weighted by atomic mass is 16.3. The van der Waals surface area contributed by atoms with E-state index in [0.29, 0.717) is 24.8 Å². The molecule has 5 heteroatoms. The van der Waals surface area contributed by atoms with E-state index in [9.17, 15) is 5.11 Å². The number of aromatic nitrogens is 2. The van der Waals surface area contributed by atoms with Crippen LogP contribution in [-0.2, 0) is 0 Å². The Kier molecular flexibility index (Phi) is 4.53. The molecule has 22 heavy (non-hydrogen) atoms. The van der Waals surface area contributed by atoms with Gasteiger partial charge in [-0.1, -0.05) is 25.0 Å². The molecule has 0 unspecified atom stereocenters. The molecule has 1 aliphatic carbocycles. The molecule has 1 saturated carbocycles. The maximum atomic E-state index is 9.64. The molecule has 0 amide bonds. The van der Waals surface area contributed by atoms with Gasteiger partial charge in [0.05, 0.1) is 17.6 Å². The topological polar surface area (TPSA) is 84.1 Å². The standard InChI is InChI=1S/C17H22N4O/c18-8-9-19-15-11-20-17(13-6-3-7-14(22)10-13)21-16(15)12-4-1-2-5-12/h3,6-7,10-12,19,22H,1-2,4-5,8-9,18H2. The third-order valence-electron chi connectivity index (χ3n) is 4.12. The molecular formula is C17H22N4O. The predicted molar refractivity (Wildman–Crippen MR) is 87.9 cm³/mol. The lowest BCUT2D eigenvalue weighted by atomic mass is 10.0. The Labute approximate surface area is 130 Å². The summed E-state index contributed by atoms with van der Waals surface area (Å²) in [6.07, 6.45) is 6.70. The first-order valence-corrected chi connectivity index (χ1v) is 7.88. The normalized spacial score (nSPS) is 15.1. The van der Waals surface area contributed by atoms with Crippen molar-refractivity contribution in [2.45, 2.75) is 31.6 Å². The highest BCUT2D eigenvalue weighted by molar-refractivity contribution is 5.60. The molecule has 1 aromatic heterocycles. The Hall–Kier alpha value is -2.14. The number of benzene rings is 1. The van der Waals surface area contributed by atoms with Crippen LogP contribution in [0.4, 0.5) is 5.69 Å². The Morgan fingerprint density at radius 1 is 1.27 bits per heavy atom. The quantitative estimate of drug-likeness (QED) is 0.790. The molecule has 1 aromatic carbocycles. The fourth-order valence-electron chi connectivity index (χ4n) is 3.03. The summed E-state index contributed by atoms with van der Waals surface area (Å²) in [6.45, 7) is 1.30. The lowest BCUT2D eigenvalue weighted by Crippen LogP contribution is -2.16. The van der Waals surface area contributed by atoms with Gasteiger partial charge >= 0.3 is 0 Å². The second-order valence-electron chi connectivity index (χ2n) is 5.74. The van der Waals surface area contributed by atoms with Gasteiger partial charge in [-0.15, -0.1) is 0 Å². The third-order valence-corrected chi connectivity index (χ3v) is 4.12. The molecule has 5 nitrogen and oxygen atoms in total. The minimum atomic E-state index is 0.230. The second kappa shape index (κ2) is 6.75. The summed E-state index contributed by atoms with van der Waals surface area (Å²) in [6, 6.07) is 7.07. The molecular weight excluding hydrogens is 276 g/mol. The van der Waals surface area contributed by atoms with Gasteiger partial charge in [0.15, 0.2) is 5.82 Å². The summed E-state index contributed by atoms with van der Waals surface area (Å²) in [5.74, 6) is 1.38. The van der Waals surface area contributed by atoms with Crippen molar-refractivity contribution >= 4 is 5.69 Å². The molecule has 116 valence electrons. The smallest absolute Gasteiger partial charge is 0.159 e. The van der Waals surface area contributed by atoms with E-state index in [2.05, 4.69) is 10.3 Å². The number of rotatable bonds is 5. The van der Waals surface area contributed by atoms with Crippen LogP contribution in [-0.4, -0.2) is 28.2 Å². The van der Waals surface area contributed by atoms with Gasteiger partial charge in [0.2, 0.25) is 0 Å². The van der Waals surface area contributed by atoms with Gasteiger partial charge in [-0.05, 0) is 25.0 Å². The van der Waals surface area contributed by atoms with Gasteiger partial charge < -0.3 is 16.2 Å². The van der Waals surface area contributed by atoms with Crippen LogP contribution in [0.25, 0.3) is 11.4 Å². The van der Waals surface area contributed by atoms with Crippen LogP contribution >= 0.6 is 0 Å². The van der Waals surface area contributed by atoms with Crippen molar-refractivity contribution in [1.82, 2.24) is 9.97 Å². The van der Waals surface area contributed by atoms with E-state index in [1.165, 1.54) is 25.7 Å². The van der Waals surface area contributed by atoms with E-state index in [1.54, 1.807) is 12.1 Å². The summed E-state index contributed by atoms with van der Waals surface area (Å²) < 4.78 is 0. The molecule has 1 fully saturated rings. The number of hydrogen-bond acceptors (Lipinski definition) is 5. The van der Waals surface area contributed by atoms with E-state index >= 15 is 0 Å². The van der Waals surface area contributed by atoms with Crippen molar-refractivity contribution in [2.24, 2.45) is 5.73 Å². The molecule has 0 bridgehead atoms. The zero-order chi connectivity index (χ0) is 15.4. The maximum Gasteiger partial charge on any atom is 0.159 e. The van der Waals surface area contributed by atoms with Crippen molar-refractivity contribution in [3.8, 4) is 17.1 Å². The summed E-state index contributed by atoms with van der Waals surface area (Å²) >= 11 is 0. The van der Waals surface area contributed by atoms with Gasteiger partial charge in [0.1, 0.15) is 5.75 Å². The molecule has 3 rings (SSSR count). The Bertz CT molecular complexity index is 638. The largest absolute Gasteiger partial charge is 0.508 e. The molecule has 1 aliphatic rings. The number of aromatic hydroxyl groups is 1. The molecule has 1 heterocycles. The summed E-state index contributed by atoms with van der Waals surface area (Å²) in [5.41, 5.74) is 8.49. The molecule has 2 aromatic rings. The number of phenols is 1. The van der Waals surface area contributed by atoms with Crippen LogP contribution in [0, 0.1) is 0 Å². The number of nitrogens with zero attached hydrogens (tertiary/aromatic N) is 2. The lowest BCUT2D eigenvalue weighted by Gasteiger charge is -2.16. The second-order valence-corrected chi connectivity index (χ2v) is 5.74. The van der Waals surface area contributed by atoms with Crippen molar-refractivity contribution < 1.29 is 5.11 Å². The first-order valence-electron chi connectivity index (χ1n) is 7.88. The first-order chi connectivity index (χ1) is 10.8. The van der Waals surface area contributed by atoms with Crippen LogP contribution < -0.4 is 11.1 Å². The minimum Gasteiger partial charge on any atom is -0.508 e. The average Bonchev–Trinajstić information content (AvgIpc) is 3.07. The fourth-order valence-corrected chi connectivity index (χ4v) is 3.03. The van der Waals surface area contributed by atoms with Crippen molar-refractivity contribution in [3.05, 3.63) is 36.2 Å². The molecule has 0 atom stereocenters. The van der Waals surface area contributed by atoms with Crippen LogP contribution in [0.2, 0.25) is 0 Å². The third kappa shape index (κ3) is 3.20. The number of anilines is 1. The van der Waals surface area contributed by atoms with Crippen LogP contribution in [0.5, 0.6) is 5.75 Å². The summed E-state index contributed by atoms with van der Waals surface area (Å²) in [7, 11) is 0. The van der Waals surface area contributed by atoms with Gasteiger partial charge in [-0.3, -0.25) is 0 Å². The van der Waals surface area contributed by atoms with E-state index in [1.807, 2.05) is 18.3 Å². The summed E-state index contributed by atoms with van der Waals surface area (Å²) in [4.78, 5) is 9.24. The lowest BCUT2D eigenvalue weighted by molar-refractivity contribution is 0.475. The fraction of sp³-hybridized carbons (Fsp3) is 0.412. The number of nitrogens with two attached hydrogens (primary N) is 1. The molecule has 0 aliphatic heterocycles. The number of phenolic OH excluding ortho intramolecular Hbond substituents is 1. The highest BCUT2D eigenvalue weighted by Gasteiger charge is 2.22. The van der Waals surface area contributed by atoms with Crippen molar-refractivity contribution in [1.29, 1.82) is 0 Å². The van der Waals surface area contributed by atoms with Crippen LogP contribution in [0.3, 0.4) is 0 Å². The molecule has 0 spiro atoms. The monoisotopic (exact) mass is 298 g/mol. The SMILES string of the molecule is NCCNc1cnc(-c2cccc(O)c2)nc1C1CCCC1. The first kappa shape index (κ1) is 14.8. The molecule has 0 saturated heterocycles. The Balaban J connectivity index is 1.97. The zero-order valence-corrected chi connectivity index (χ0v) is 12.6. The van der Waals surface area contributed by atoms with Gasteiger partial charge in [0.25, 0.3) is 0 Å². The average molecular weight is 298 g/mol. The molecule has 4 N–H and O–H groups in total. The van der Waals surface area contributed by atoms with Crippen LogP contribution in [0.1, 0.15) is 37.3 Å². The van der Waals surface area contributed by atoms with E-state index < -0.39 is 0 Å². The van der Waals surface area contributed by atoms with E-state index in [-0.39, 0.29) is 5.75 Å². The molecule has 0 radical (unpaired) electrons. The van der Waals surface area contributed by atoms with Gasteiger partial charge in [-0.2, -0.15) is 0 Å². The van der Waals surface area contributed by atoms with E-state index in [0.717, 1.165) is 16.9 Å². The Morgan fingerprint density at radius 3 is 2.82 bits per heavy atom. The number of nitrogens with one attached hydrogen (secondary N) is 1. The van der Waals surface area contributed by atoms with Crippen LogP contribution in [0.15, 0.2) is 30.5 Å². The van der Waals surface area contributed by atoms with Crippen molar-refractivity contribution in [2.75, 3.05) is 18.4 Å². The summed E-state index contributed by atoms with van der Waals surface area (Å²) in [5, 5.41) is 13.0. The van der Waals surface area contributed by atoms with Crippen molar-refractivity contribution in [3.63, 3.8) is 0 Å². The zero-order valence-electron chi connectivity index (χ0n) is 12.6. The number of hydrogen-bond donors (Lipinski definition) is 3. The Morgan fingerprint density at radius 2 is 2.09 bits per heavy atom. The van der Waals surface area contributed by atoms with Gasteiger partial charge in [-0.25, -0.2) is 9.97 Å².